The summed E-state index contributed by atoms with van der Waals surface area (Å²) in [5.41, 5.74) is 0.977. The molecule has 0 unspecified atom stereocenters. The molecule has 0 saturated heterocycles. The summed E-state index contributed by atoms with van der Waals surface area (Å²) in [7, 11) is 0. The number of halogens is 1. The van der Waals surface area contributed by atoms with Crippen LogP contribution in [0.5, 0.6) is 0 Å². The Labute approximate surface area is 91.2 Å². The van der Waals surface area contributed by atoms with Gasteiger partial charge in [-0.3, -0.25) is 4.57 Å². The summed E-state index contributed by atoms with van der Waals surface area (Å²) in [6.45, 7) is 0. The van der Waals surface area contributed by atoms with Crippen molar-refractivity contribution in [3.05, 3.63) is 54.7 Å². The van der Waals surface area contributed by atoms with Gasteiger partial charge in [-0.2, -0.15) is 0 Å². The van der Waals surface area contributed by atoms with E-state index in [9.17, 15) is 4.39 Å². The van der Waals surface area contributed by atoms with Crippen molar-refractivity contribution in [3.8, 4) is 5.95 Å². The quantitative estimate of drug-likeness (QED) is 0.620. The lowest BCUT2D eigenvalue weighted by Crippen LogP contribution is -1.99. The zero-order chi connectivity index (χ0) is 11.0. The van der Waals surface area contributed by atoms with Crippen LogP contribution in [0.15, 0.2) is 42.9 Å². The highest BCUT2D eigenvalue weighted by atomic mass is 19.1. The molecule has 1 aromatic carbocycles. The fourth-order valence-corrected chi connectivity index (χ4v) is 1.63. The van der Waals surface area contributed by atoms with Gasteiger partial charge in [-0.15, -0.1) is 0 Å². The molecule has 3 rings (SSSR count). The molecule has 0 bridgehead atoms. The Bertz CT molecular complexity index is 628. The molecule has 0 spiro atoms. The largest absolute Gasteiger partial charge is 0.285 e. The highest BCUT2D eigenvalue weighted by Gasteiger charge is 2.04. The molecule has 0 aliphatic heterocycles. The van der Waals surface area contributed by atoms with Crippen molar-refractivity contribution in [2.75, 3.05) is 0 Å². The summed E-state index contributed by atoms with van der Waals surface area (Å²) >= 11 is 0. The smallest absolute Gasteiger partial charge is 0.234 e. The van der Waals surface area contributed by atoms with E-state index in [1.807, 2.05) is 35.0 Å². The van der Waals surface area contributed by atoms with E-state index in [2.05, 4.69) is 16.0 Å². The number of aromatic nitrogens is 3. The van der Waals surface area contributed by atoms with Gasteiger partial charge < -0.3 is 0 Å². The van der Waals surface area contributed by atoms with Crippen molar-refractivity contribution < 1.29 is 4.39 Å². The second-order valence-corrected chi connectivity index (χ2v) is 3.37. The van der Waals surface area contributed by atoms with E-state index in [0.29, 0.717) is 5.95 Å². The number of hydrogen-bond donors (Lipinski definition) is 0. The molecule has 0 saturated carbocycles. The highest BCUT2D eigenvalue weighted by molar-refractivity contribution is 5.81. The van der Waals surface area contributed by atoms with Crippen LogP contribution in [0.25, 0.3) is 16.9 Å². The second kappa shape index (κ2) is 3.41. The SMILES string of the molecule is Fc1cnc(-n2ccc3c[c]ccc32)nc1. The fourth-order valence-electron chi connectivity index (χ4n) is 1.63. The second-order valence-electron chi connectivity index (χ2n) is 3.37. The summed E-state index contributed by atoms with van der Waals surface area (Å²) in [4.78, 5) is 7.88. The molecule has 2 aromatic heterocycles. The van der Waals surface area contributed by atoms with Gasteiger partial charge in [-0.25, -0.2) is 14.4 Å². The molecule has 1 radical (unpaired) electrons. The van der Waals surface area contributed by atoms with Crippen LogP contribution in [0.4, 0.5) is 4.39 Å². The molecule has 16 heavy (non-hydrogen) atoms. The molecule has 4 heteroatoms. The van der Waals surface area contributed by atoms with E-state index in [1.54, 1.807) is 0 Å². The van der Waals surface area contributed by atoms with Crippen LogP contribution in [-0.2, 0) is 0 Å². The molecule has 3 aromatic rings. The van der Waals surface area contributed by atoms with E-state index in [0.717, 1.165) is 23.3 Å². The van der Waals surface area contributed by atoms with E-state index >= 15 is 0 Å². The first-order valence-electron chi connectivity index (χ1n) is 4.80. The molecule has 0 atom stereocenters. The third-order valence-electron chi connectivity index (χ3n) is 2.36. The molecule has 0 amide bonds. The summed E-state index contributed by atoms with van der Waals surface area (Å²) in [5, 5.41) is 1.05. The van der Waals surface area contributed by atoms with Gasteiger partial charge in [0.1, 0.15) is 0 Å². The first-order chi connectivity index (χ1) is 7.84. The molecule has 0 aliphatic carbocycles. The molecule has 2 heterocycles. The topological polar surface area (TPSA) is 30.7 Å². The van der Waals surface area contributed by atoms with Crippen molar-refractivity contribution in [2.24, 2.45) is 0 Å². The molecular weight excluding hydrogens is 205 g/mol. The van der Waals surface area contributed by atoms with Gasteiger partial charge in [0.2, 0.25) is 5.95 Å². The molecule has 3 nitrogen and oxygen atoms in total. The van der Waals surface area contributed by atoms with Crippen molar-refractivity contribution in [1.29, 1.82) is 0 Å². The lowest BCUT2D eigenvalue weighted by molar-refractivity contribution is 0.611. The lowest BCUT2D eigenvalue weighted by Gasteiger charge is -2.01. The number of nitrogens with zero attached hydrogens (tertiary/aromatic N) is 3. The lowest BCUT2D eigenvalue weighted by atomic mass is 10.2. The molecule has 0 fully saturated rings. The van der Waals surface area contributed by atoms with E-state index in [-0.39, 0.29) is 0 Å². The average molecular weight is 212 g/mol. The normalized spacial score (nSPS) is 10.8. The number of hydrogen-bond acceptors (Lipinski definition) is 2. The maximum atomic E-state index is 12.7. The van der Waals surface area contributed by atoms with Gasteiger partial charge in [-0.05, 0) is 24.3 Å². The van der Waals surface area contributed by atoms with Crippen LogP contribution in [0, 0.1) is 11.9 Å². The Morgan fingerprint density at radius 1 is 1.19 bits per heavy atom. The summed E-state index contributed by atoms with van der Waals surface area (Å²) in [6.07, 6.45) is 4.16. The molecule has 0 aliphatic rings. The Hall–Kier alpha value is -2.23. The first kappa shape index (κ1) is 9.03. The predicted molar refractivity (Wildman–Crippen MR) is 57.7 cm³/mol. The summed E-state index contributed by atoms with van der Waals surface area (Å²) in [5.74, 6) is 0.0242. The van der Waals surface area contributed by atoms with Gasteiger partial charge in [0.05, 0.1) is 17.9 Å². The van der Waals surface area contributed by atoms with Crippen LogP contribution in [0.1, 0.15) is 0 Å². The third-order valence-corrected chi connectivity index (χ3v) is 2.36. The Balaban J connectivity index is 2.22. The maximum Gasteiger partial charge on any atom is 0.234 e. The van der Waals surface area contributed by atoms with Crippen LogP contribution < -0.4 is 0 Å². The van der Waals surface area contributed by atoms with E-state index < -0.39 is 5.82 Å². The third kappa shape index (κ3) is 1.35. The number of fused-ring (bicyclic) bond motifs is 1. The van der Waals surface area contributed by atoms with Crippen molar-refractivity contribution in [2.45, 2.75) is 0 Å². The molecular formula is C12H7FN3. The van der Waals surface area contributed by atoms with Gasteiger partial charge in [0.15, 0.2) is 5.82 Å². The molecule has 0 N–H and O–H groups in total. The van der Waals surface area contributed by atoms with Crippen LogP contribution in [-0.4, -0.2) is 14.5 Å². The van der Waals surface area contributed by atoms with Crippen molar-refractivity contribution in [3.63, 3.8) is 0 Å². The van der Waals surface area contributed by atoms with Crippen LogP contribution >= 0.6 is 0 Å². The van der Waals surface area contributed by atoms with E-state index in [1.165, 1.54) is 0 Å². The Kier molecular flexibility index (Phi) is 1.93. The Morgan fingerprint density at radius 2 is 2.00 bits per heavy atom. The first-order valence-corrected chi connectivity index (χ1v) is 4.80. The number of rotatable bonds is 1. The number of benzene rings is 1. The highest BCUT2D eigenvalue weighted by Crippen LogP contribution is 2.17. The monoisotopic (exact) mass is 212 g/mol. The van der Waals surface area contributed by atoms with Crippen molar-refractivity contribution >= 4 is 10.9 Å². The predicted octanol–water partition coefficient (Wildman–Crippen LogP) is 2.36. The van der Waals surface area contributed by atoms with Crippen LogP contribution in [0.3, 0.4) is 0 Å². The van der Waals surface area contributed by atoms with Gasteiger partial charge in [-0.1, -0.05) is 6.07 Å². The fraction of sp³-hybridized carbons (Fsp3) is 0. The standard InChI is InChI=1S/C12H7FN3/c13-10-7-14-12(15-8-10)16-6-5-9-3-1-2-4-11(9)16/h2-8H. The van der Waals surface area contributed by atoms with Gasteiger partial charge in [0, 0.05) is 11.6 Å². The minimum absolute atomic E-state index is 0.437. The van der Waals surface area contributed by atoms with Crippen LogP contribution in [0.2, 0.25) is 0 Å². The minimum Gasteiger partial charge on any atom is -0.285 e. The van der Waals surface area contributed by atoms with Crippen molar-refractivity contribution in [1.82, 2.24) is 14.5 Å². The maximum absolute atomic E-state index is 12.7. The zero-order valence-electron chi connectivity index (χ0n) is 8.26. The van der Waals surface area contributed by atoms with Gasteiger partial charge in [0.25, 0.3) is 0 Å². The zero-order valence-corrected chi connectivity index (χ0v) is 8.26. The van der Waals surface area contributed by atoms with E-state index in [4.69, 9.17) is 0 Å². The molecule has 77 valence electrons. The Morgan fingerprint density at radius 3 is 2.81 bits per heavy atom. The summed E-state index contributed by atoms with van der Waals surface area (Å²) in [6, 6.07) is 10.6. The summed E-state index contributed by atoms with van der Waals surface area (Å²) < 4.78 is 14.5. The minimum atomic E-state index is -0.437. The van der Waals surface area contributed by atoms with Gasteiger partial charge >= 0.3 is 0 Å². The average Bonchev–Trinajstić information content (AvgIpc) is 2.74.